The molecule has 4 heteroatoms. The molecule has 0 radical (unpaired) electrons. The van der Waals surface area contributed by atoms with E-state index in [1.807, 2.05) is 13.8 Å². The summed E-state index contributed by atoms with van der Waals surface area (Å²) in [5.74, 6) is 0.594. The molecule has 3 atom stereocenters. The summed E-state index contributed by atoms with van der Waals surface area (Å²) in [5, 5.41) is 0. The summed E-state index contributed by atoms with van der Waals surface area (Å²) in [6, 6.07) is 0. The summed E-state index contributed by atoms with van der Waals surface area (Å²) in [6.45, 7) is 4.09. The van der Waals surface area contributed by atoms with Crippen molar-refractivity contribution >= 4 is 16.9 Å². The highest BCUT2D eigenvalue weighted by Crippen LogP contribution is 2.63. The number of ketones is 1. The van der Waals surface area contributed by atoms with Crippen LogP contribution in [0.25, 0.3) is 0 Å². The molecule has 2 aliphatic carbocycles. The minimum absolute atomic E-state index is 0.0231. The number of carbonyl (C=O) groups is 1. The van der Waals surface area contributed by atoms with Gasteiger partial charge in [0.05, 0.1) is 0 Å². The van der Waals surface area contributed by atoms with E-state index in [1.54, 1.807) is 0 Å². The first kappa shape index (κ1) is 10.3. The van der Waals surface area contributed by atoms with Crippen molar-refractivity contribution in [1.82, 2.24) is 0 Å². The molecule has 0 aromatic heterocycles. The molecule has 80 valence electrons. The van der Waals surface area contributed by atoms with E-state index in [9.17, 15) is 13.6 Å². The van der Waals surface area contributed by atoms with E-state index >= 15 is 0 Å². The molecule has 2 saturated carbocycles. The monoisotopic (exact) mass is 215 g/mol. The van der Waals surface area contributed by atoms with E-state index in [1.165, 1.54) is 0 Å². The van der Waals surface area contributed by atoms with Gasteiger partial charge in [-0.15, -0.1) is 0 Å². The zero-order valence-corrected chi connectivity index (χ0v) is 9.36. The smallest absolute Gasteiger partial charge is 0.140 e. The van der Waals surface area contributed by atoms with Crippen molar-refractivity contribution in [3.05, 3.63) is 0 Å². The topological polar surface area (TPSA) is 57.2 Å². The van der Waals surface area contributed by atoms with Crippen LogP contribution in [-0.4, -0.2) is 20.3 Å². The Hall–Kier alpha value is -0.220. The molecule has 3 nitrogen and oxygen atoms in total. The normalized spacial score (nSPS) is 41.6. The second-order valence-corrected chi connectivity index (χ2v) is 6.01. The summed E-state index contributed by atoms with van der Waals surface area (Å²) in [4.78, 5) is 11.8. The summed E-state index contributed by atoms with van der Waals surface area (Å²) in [5.41, 5.74) is -0.686. The van der Waals surface area contributed by atoms with Crippen LogP contribution >= 0.6 is 0 Å². The average molecular weight is 215 g/mol. The van der Waals surface area contributed by atoms with Gasteiger partial charge in [-0.1, -0.05) is 24.9 Å². The number of fused-ring (bicyclic) bond motifs is 2. The van der Waals surface area contributed by atoms with Crippen molar-refractivity contribution in [1.29, 1.82) is 0 Å². The SMILES string of the molecule is CC1(C)C2CC[C@@]1(CS(=O)[O-])C(=O)C2. The zero-order valence-electron chi connectivity index (χ0n) is 8.54. The van der Waals surface area contributed by atoms with Crippen molar-refractivity contribution in [2.45, 2.75) is 33.1 Å². The molecule has 0 heterocycles. The Morgan fingerprint density at radius 2 is 2.21 bits per heavy atom. The number of carbonyl (C=O) groups excluding carboxylic acids is 1. The largest absolute Gasteiger partial charge is 0.772 e. The van der Waals surface area contributed by atoms with Crippen molar-refractivity contribution in [2.75, 3.05) is 5.75 Å². The van der Waals surface area contributed by atoms with E-state index in [0.717, 1.165) is 12.8 Å². The molecule has 2 aliphatic rings. The van der Waals surface area contributed by atoms with E-state index in [2.05, 4.69) is 0 Å². The first-order valence-electron chi connectivity index (χ1n) is 4.99. The van der Waals surface area contributed by atoms with E-state index < -0.39 is 16.5 Å². The Morgan fingerprint density at radius 1 is 1.57 bits per heavy atom. The fourth-order valence-corrected chi connectivity index (χ4v) is 4.39. The van der Waals surface area contributed by atoms with Crippen LogP contribution in [0.3, 0.4) is 0 Å². The van der Waals surface area contributed by atoms with Crippen LogP contribution in [-0.2, 0) is 15.9 Å². The van der Waals surface area contributed by atoms with Crippen molar-refractivity contribution in [3.8, 4) is 0 Å². The van der Waals surface area contributed by atoms with Gasteiger partial charge in [-0.2, -0.15) is 0 Å². The van der Waals surface area contributed by atoms with E-state index in [0.29, 0.717) is 12.3 Å². The molecule has 0 aromatic carbocycles. The van der Waals surface area contributed by atoms with Gasteiger partial charge in [0.2, 0.25) is 0 Å². The minimum Gasteiger partial charge on any atom is -0.772 e. The Bertz CT molecular complexity index is 310. The lowest BCUT2D eigenvalue weighted by molar-refractivity contribution is -0.128. The van der Waals surface area contributed by atoms with Crippen LogP contribution in [0.2, 0.25) is 0 Å². The van der Waals surface area contributed by atoms with Gasteiger partial charge < -0.3 is 4.55 Å². The average Bonchev–Trinajstić information content (AvgIpc) is 2.36. The molecule has 0 saturated heterocycles. The van der Waals surface area contributed by atoms with Gasteiger partial charge in [-0.05, 0) is 24.2 Å². The fraction of sp³-hybridized carbons (Fsp3) is 0.900. The lowest BCUT2D eigenvalue weighted by Crippen LogP contribution is -2.40. The standard InChI is InChI=1S/C10H16O3S/c1-9(2)7-3-4-10(9,6-14(12)13)8(11)5-7/h7H,3-6H2,1-2H3,(H,12,13)/p-1/t7?,10-/m1/s1. The number of hydrogen-bond donors (Lipinski definition) is 0. The van der Waals surface area contributed by atoms with Crippen LogP contribution < -0.4 is 0 Å². The molecule has 2 rings (SSSR count). The lowest BCUT2D eigenvalue weighted by Gasteiger charge is -2.37. The molecular weight excluding hydrogens is 200 g/mol. The summed E-state index contributed by atoms with van der Waals surface area (Å²) in [7, 11) is 0. The maximum absolute atomic E-state index is 11.8. The van der Waals surface area contributed by atoms with Crippen molar-refractivity contribution in [2.24, 2.45) is 16.7 Å². The second-order valence-electron chi connectivity index (χ2n) is 5.11. The predicted octanol–water partition coefficient (Wildman–Crippen LogP) is 1.26. The molecule has 0 spiro atoms. The highest BCUT2D eigenvalue weighted by molar-refractivity contribution is 7.79. The Kier molecular flexibility index (Phi) is 2.13. The summed E-state index contributed by atoms with van der Waals surface area (Å²) >= 11 is -2.11. The quantitative estimate of drug-likeness (QED) is 0.652. The second kappa shape index (κ2) is 2.89. The van der Waals surface area contributed by atoms with Crippen molar-refractivity contribution < 1.29 is 13.6 Å². The first-order valence-corrected chi connectivity index (χ1v) is 6.24. The number of Topliss-reactive ketones (excluding diaryl/α,β-unsaturated/α-hetero) is 1. The lowest BCUT2D eigenvalue weighted by atomic mass is 9.70. The molecule has 2 bridgehead atoms. The van der Waals surface area contributed by atoms with Gasteiger partial charge in [0.25, 0.3) is 0 Å². The summed E-state index contributed by atoms with van der Waals surface area (Å²) < 4.78 is 21.6. The van der Waals surface area contributed by atoms with Gasteiger partial charge in [-0.3, -0.25) is 9.00 Å². The van der Waals surface area contributed by atoms with Gasteiger partial charge >= 0.3 is 0 Å². The van der Waals surface area contributed by atoms with Crippen LogP contribution in [0.15, 0.2) is 0 Å². The van der Waals surface area contributed by atoms with Gasteiger partial charge in [0.1, 0.15) is 5.78 Å². The molecule has 2 unspecified atom stereocenters. The molecule has 14 heavy (non-hydrogen) atoms. The number of rotatable bonds is 2. The first-order chi connectivity index (χ1) is 6.40. The number of hydrogen-bond acceptors (Lipinski definition) is 3. The molecule has 0 amide bonds. The maximum atomic E-state index is 11.8. The van der Waals surface area contributed by atoms with Crippen LogP contribution in [0.4, 0.5) is 0 Å². The molecule has 0 aliphatic heterocycles. The molecular formula is C10H15O3S-. The van der Waals surface area contributed by atoms with Gasteiger partial charge in [-0.25, -0.2) is 0 Å². The van der Waals surface area contributed by atoms with E-state index in [4.69, 9.17) is 0 Å². The highest BCUT2D eigenvalue weighted by Gasteiger charge is 2.63. The summed E-state index contributed by atoms with van der Waals surface area (Å²) in [6.07, 6.45) is 2.36. The third kappa shape index (κ3) is 1.07. The van der Waals surface area contributed by atoms with Crippen molar-refractivity contribution in [3.63, 3.8) is 0 Å². The van der Waals surface area contributed by atoms with Crippen LogP contribution in [0, 0.1) is 16.7 Å². The fourth-order valence-electron chi connectivity index (χ4n) is 3.31. The predicted molar refractivity (Wildman–Crippen MR) is 52.3 cm³/mol. The Balaban J connectivity index is 2.39. The minimum atomic E-state index is -2.11. The van der Waals surface area contributed by atoms with E-state index in [-0.39, 0.29) is 17.0 Å². The molecule has 0 aromatic rings. The van der Waals surface area contributed by atoms with Crippen LogP contribution in [0.5, 0.6) is 0 Å². The van der Waals surface area contributed by atoms with Gasteiger partial charge in [0.15, 0.2) is 0 Å². The highest BCUT2D eigenvalue weighted by atomic mass is 32.2. The maximum Gasteiger partial charge on any atom is 0.140 e. The Morgan fingerprint density at radius 3 is 2.57 bits per heavy atom. The third-order valence-electron chi connectivity index (χ3n) is 4.50. The third-order valence-corrected chi connectivity index (χ3v) is 5.23. The Labute approximate surface area is 86.6 Å². The zero-order chi connectivity index (χ0) is 10.6. The van der Waals surface area contributed by atoms with Crippen LogP contribution in [0.1, 0.15) is 33.1 Å². The van der Waals surface area contributed by atoms with Gasteiger partial charge in [0, 0.05) is 17.6 Å². The molecule has 2 fully saturated rings. The molecule has 0 N–H and O–H groups in total.